The highest BCUT2D eigenvalue weighted by molar-refractivity contribution is 6.37. The molecule has 0 amide bonds. The van der Waals surface area contributed by atoms with Crippen molar-refractivity contribution in [3.63, 3.8) is 0 Å². The molecule has 1 aliphatic carbocycles. The van der Waals surface area contributed by atoms with Crippen LogP contribution >= 0.6 is 34.8 Å². The van der Waals surface area contributed by atoms with E-state index in [4.69, 9.17) is 40.5 Å². The van der Waals surface area contributed by atoms with Crippen molar-refractivity contribution in [3.8, 4) is 0 Å². The van der Waals surface area contributed by atoms with Gasteiger partial charge in [0.2, 0.25) is 0 Å². The van der Waals surface area contributed by atoms with Gasteiger partial charge in [-0.2, -0.15) is 0 Å². The van der Waals surface area contributed by atoms with Gasteiger partial charge in [-0.25, -0.2) is 15.0 Å². The van der Waals surface area contributed by atoms with Crippen LogP contribution in [0.4, 0.5) is 5.82 Å². The van der Waals surface area contributed by atoms with Gasteiger partial charge in [0.1, 0.15) is 22.9 Å². The predicted molar refractivity (Wildman–Crippen MR) is 123 cm³/mol. The number of anilines is 1. The monoisotopic (exact) mass is 457 g/mol. The summed E-state index contributed by atoms with van der Waals surface area (Å²) in [5, 5.41) is 3.26. The van der Waals surface area contributed by atoms with Gasteiger partial charge < -0.3 is 10.3 Å². The summed E-state index contributed by atoms with van der Waals surface area (Å²) < 4.78 is 2.18. The SMILES string of the molecule is Nc1nc2cc(CCC3=CC(n4ccc5c(Cl)ncnc54)CC3)cc(Cl)c2cc1Cl. The third-order valence-electron chi connectivity index (χ3n) is 5.67. The lowest BCUT2D eigenvalue weighted by Crippen LogP contribution is -2.02. The Bertz CT molecular complexity index is 1310. The van der Waals surface area contributed by atoms with Crippen molar-refractivity contribution in [2.24, 2.45) is 0 Å². The maximum absolute atomic E-state index is 6.46. The van der Waals surface area contributed by atoms with Crippen molar-refractivity contribution < 1.29 is 0 Å². The summed E-state index contributed by atoms with van der Waals surface area (Å²) >= 11 is 18.7. The highest BCUT2D eigenvalue weighted by atomic mass is 35.5. The lowest BCUT2D eigenvalue weighted by Gasteiger charge is -2.10. The Labute approximate surface area is 188 Å². The summed E-state index contributed by atoms with van der Waals surface area (Å²) in [6, 6.07) is 8.06. The van der Waals surface area contributed by atoms with Crippen molar-refractivity contribution in [3.05, 3.63) is 69.2 Å². The molecular formula is C22H18Cl3N5. The number of allylic oxidation sites excluding steroid dienone is 2. The number of aryl methyl sites for hydroxylation is 1. The second kappa shape index (κ2) is 7.73. The number of benzene rings is 1. The second-order valence-electron chi connectivity index (χ2n) is 7.56. The van der Waals surface area contributed by atoms with E-state index in [-0.39, 0.29) is 6.04 Å². The van der Waals surface area contributed by atoms with Crippen LogP contribution in [-0.4, -0.2) is 19.5 Å². The van der Waals surface area contributed by atoms with Crippen molar-refractivity contribution in [1.29, 1.82) is 0 Å². The molecule has 5 rings (SSSR count). The van der Waals surface area contributed by atoms with Gasteiger partial charge in [-0.15, -0.1) is 0 Å². The van der Waals surface area contributed by atoms with E-state index >= 15 is 0 Å². The van der Waals surface area contributed by atoms with Crippen molar-refractivity contribution in [1.82, 2.24) is 19.5 Å². The Hall–Kier alpha value is -2.34. The summed E-state index contributed by atoms with van der Waals surface area (Å²) in [6.45, 7) is 0. The predicted octanol–water partition coefficient (Wildman–Crippen LogP) is 6.42. The quantitative estimate of drug-likeness (QED) is 0.283. The van der Waals surface area contributed by atoms with Crippen LogP contribution in [0.1, 0.15) is 30.9 Å². The molecule has 2 N–H and O–H groups in total. The smallest absolute Gasteiger partial charge is 0.145 e. The molecule has 0 bridgehead atoms. The zero-order valence-corrected chi connectivity index (χ0v) is 18.2. The molecule has 152 valence electrons. The Morgan fingerprint density at radius 3 is 2.77 bits per heavy atom. The van der Waals surface area contributed by atoms with Gasteiger partial charge in [-0.1, -0.05) is 46.5 Å². The van der Waals surface area contributed by atoms with E-state index in [1.54, 1.807) is 6.07 Å². The van der Waals surface area contributed by atoms with Gasteiger partial charge in [0.05, 0.1) is 27.0 Å². The summed E-state index contributed by atoms with van der Waals surface area (Å²) in [5.74, 6) is 0.321. The van der Waals surface area contributed by atoms with E-state index in [2.05, 4.69) is 25.6 Å². The van der Waals surface area contributed by atoms with Crippen LogP contribution in [0.2, 0.25) is 15.2 Å². The van der Waals surface area contributed by atoms with E-state index < -0.39 is 0 Å². The molecule has 1 atom stereocenters. The molecule has 5 nitrogen and oxygen atoms in total. The Morgan fingerprint density at radius 2 is 1.90 bits per heavy atom. The molecule has 8 heteroatoms. The van der Waals surface area contributed by atoms with Crippen LogP contribution in [0, 0.1) is 0 Å². The molecule has 3 aromatic heterocycles. The van der Waals surface area contributed by atoms with Crippen molar-refractivity contribution in [2.75, 3.05) is 5.73 Å². The van der Waals surface area contributed by atoms with E-state index in [0.29, 0.717) is 21.0 Å². The average Bonchev–Trinajstić information content (AvgIpc) is 3.35. The number of nitrogen functional groups attached to an aromatic ring is 1. The second-order valence-corrected chi connectivity index (χ2v) is 8.73. The number of pyridine rings is 1. The number of halogens is 3. The van der Waals surface area contributed by atoms with E-state index in [1.807, 2.05) is 24.4 Å². The first-order valence-corrected chi connectivity index (χ1v) is 10.8. The van der Waals surface area contributed by atoms with Crippen LogP contribution in [-0.2, 0) is 6.42 Å². The van der Waals surface area contributed by atoms with E-state index in [1.165, 1.54) is 11.9 Å². The molecule has 1 aliphatic rings. The lowest BCUT2D eigenvalue weighted by molar-refractivity contribution is 0.603. The molecule has 0 aliphatic heterocycles. The van der Waals surface area contributed by atoms with Gasteiger partial charge in [-0.3, -0.25) is 0 Å². The average molecular weight is 459 g/mol. The first kappa shape index (κ1) is 19.6. The van der Waals surface area contributed by atoms with Crippen LogP contribution in [0.25, 0.3) is 21.9 Å². The molecule has 0 spiro atoms. The fourth-order valence-electron chi connectivity index (χ4n) is 4.13. The lowest BCUT2D eigenvalue weighted by atomic mass is 10.0. The first-order valence-electron chi connectivity index (χ1n) is 9.70. The molecular weight excluding hydrogens is 441 g/mol. The molecule has 1 unspecified atom stereocenters. The Kier molecular flexibility index (Phi) is 5.05. The zero-order valence-electron chi connectivity index (χ0n) is 15.9. The number of hydrogen-bond donors (Lipinski definition) is 1. The Morgan fingerprint density at radius 1 is 1.03 bits per heavy atom. The number of nitrogens with zero attached hydrogens (tertiary/aromatic N) is 4. The molecule has 0 saturated heterocycles. The third-order valence-corrected chi connectivity index (χ3v) is 6.58. The summed E-state index contributed by atoms with van der Waals surface area (Å²) in [5.41, 5.74) is 10.1. The summed E-state index contributed by atoms with van der Waals surface area (Å²) in [7, 11) is 0. The van der Waals surface area contributed by atoms with Crippen LogP contribution in [0.15, 0.2) is 48.4 Å². The fourth-order valence-corrected chi connectivity index (χ4v) is 4.77. The Balaban J connectivity index is 1.35. The van der Waals surface area contributed by atoms with Gasteiger partial charge in [0.25, 0.3) is 0 Å². The van der Waals surface area contributed by atoms with Crippen LogP contribution < -0.4 is 5.73 Å². The van der Waals surface area contributed by atoms with Crippen molar-refractivity contribution in [2.45, 2.75) is 31.7 Å². The first-order chi connectivity index (χ1) is 14.5. The summed E-state index contributed by atoms with van der Waals surface area (Å²) in [4.78, 5) is 12.9. The highest BCUT2D eigenvalue weighted by Gasteiger charge is 2.20. The minimum absolute atomic E-state index is 0.285. The zero-order chi connectivity index (χ0) is 20.8. The van der Waals surface area contributed by atoms with Crippen LogP contribution in [0.3, 0.4) is 0 Å². The minimum Gasteiger partial charge on any atom is -0.382 e. The number of nitrogens with two attached hydrogens (primary N) is 1. The largest absolute Gasteiger partial charge is 0.382 e. The van der Waals surface area contributed by atoms with Gasteiger partial charge in [0.15, 0.2) is 0 Å². The molecule has 3 heterocycles. The van der Waals surface area contributed by atoms with Crippen LogP contribution in [0.5, 0.6) is 0 Å². The van der Waals surface area contributed by atoms with Crippen molar-refractivity contribution >= 4 is 62.6 Å². The normalized spacial score (nSPS) is 16.5. The molecule has 0 saturated carbocycles. The van der Waals surface area contributed by atoms with Gasteiger partial charge >= 0.3 is 0 Å². The van der Waals surface area contributed by atoms with E-state index in [9.17, 15) is 0 Å². The maximum atomic E-state index is 6.46. The molecule has 0 radical (unpaired) electrons. The number of hydrogen-bond acceptors (Lipinski definition) is 4. The molecule has 4 aromatic rings. The van der Waals surface area contributed by atoms with Gasteiger partial charge in [-0.05, 0) is 55.5 Å². The summed E-state index contributed by atoms with van der Waals surface area (Å²) in [6.07, 6.45) is 9.86. The topological polar surface area (TPSA) is 69.6 Å². The highest BCUT2D eigenvalue weighted by Crippen LogP contribution is 2.35. The third kappa shape index (κ3) is 3.51. The molecule has 1 aromatic carbocycles. The minimum atomic E-state index is 0.285. The number of aromatic nitrogens is 4. The maximum Gasteiger partial charge on any atom is 0.145 e. The molecule has 0 fully saturated rings. The standard InChI is InChI=1S/C22H18Cl3N5/c23-17-8-13(9-19-16(17)10-18(24)21(26)29-19)2-1-12-3-4-14(7-12)30-6-5-15-20(25)27-11-28-22(15)30/h5-11,14H,1-4H2,(H2,26,29). The number of rotatable bonds is 4. The number of fused-ring (bicyclic) bond motifs is 2. The van der Waals surface area contributed by atoms with E-state index in [0.717, 1.165) is 53.2 Å². The molecule has 30 heavy (non-hydrogen) atoms. The van der Waals surface area contributed by atoms with Gasteiger partial charge in [0, 0.05) is 11.6 Å². The fraction of sp³-hybridized carbons (Fsp3) is 0.227.